The van der Waals surface area contributed by atoms with Gasteiger partial charge >= 0.3 is 0 Å². The van der Waals surface area contributed by atoms with Crippen molar-refractivity contribution in [1.29, 1.82) is 0 Å². The van der Waals surface area contributed by atoms with Crippen molar-refractivity contribution < 1.29 is 4.39 Å². The molecule has 1 nitrogen and oxygen atoms in total. The zero-order valence-corrected chi connectivity index (χ0v) is 13.1. The highest BCUT2D eigenvalue weighted by molar-refractivity contribution is 6.30. The number of hydrogen-bond acceptors (Lipinski definition) is 1. The smallest absolute Gasteiger partial charge is 0.141 e. The predicted molar refractivity (Wildman–Crippen MR) is 83.7 cm³/mol. The Kier molecular flexibility index (Phi) is 6.31. The molecule has 1 aliphatic carbocycles. The number of halogens is 2. The third-order valence-electron chi connectivity index (χ3n) is 4.45. The highest BCUT2D eigenvalue weighted by atomic mass is 35.5. The Morgan fingerprint density at radius 1 is 1.20 bits per heavy atom. The minimum atomic E-state index is -0.319. The lowest BCUT2D eigenvalue weighted by Gasteiger charge is -2.25. The molecule has 20 heavy (non-hydrogen) atoms. The van der Waals surface area contributed by atoms with E-state index < -0.39 is 0 Å². The Bertz CT molecular complexity index is 421. The van der Waals surface area contributed by atoms with Crippen LogP contribution in [-0.4, -0.2) is 13.1 Å². The van der Waals surface area contributed by atoms with Crippen LogP contribution in [0.2, 0.25) is 5.02 Å². The summed E-state index contributed by atoms with van der Waals surface area (Å²) in [6, 6.07) is 5.18. The van der Waals surface area contributed by atoms with Gasteiger partial charge < -0.3 is 5.32 Å². The van der Waals surface area contributed by atoms with Gasteiger partial charge in [0.1, 0.15) is 5.82 Å². The molecule has 0 radical (unpaired) electrons. The van der Waals surface area contributed by atoms with Crippen molar-refractivity contribution in [2.75, 3.05) is 13.1 Å². The van der Waals surface area contributed by atoms with Gasteiger partial charge in [-0.1, -0.05) is 43.9 Å². The lowest BCUT2D eigenvalue weighted by Crippen LogP contribution is -2.28. The van der Waals surface area contributed by atoms with Crippen molar-refractivity contribution in [2.45, 2.75) is 45.4 Å². The number of hydrogen-bond donors (Lipinski definition) is 1. The van der Waals surface area contributed by atoms with Gasteiger partial charge in [-0.15, -0.1) is 0 Å². The average molecular weight is 298 g/mol. The van der Waals surface area contributed by atoms with E-state index in [1.165, 1.54) is 43.7 Å². The monoisotopic (exact) mass is 297 g/mol. The summed E-state index contributed by atoms with van der Waals surface area (Å²) >= 11 is 5.90. The molecule has 0 amide bonds. The van der Waals surface area contributed by atoms with Crippen LogP contribution < -0.4 is 5.32 Å². The van der Waals surface area contributed by atoms with Gasteiger partial charge in [-0.3, -0.25) is 0 Å². The van der Waals surface area contributed by atoms with E-state index >= 15 is 0 Å². The number of rotatable bonds is 5. The molecule has 1 N–H and O–H groups in total. The van der Waals surface area contributed by atoms with Crippen LogP contribution in [0.3, 0.4) is 0 Å². The summed E-state index contributed by atoms with van der Waals surface area (Å²) in [5.41, 5.74) is 1.17. The molecule has 3 heteroatoms. The molecule has 0 heterocycles. The topological polar surface area (TPSA) is 12.0 Å². The zero-order chi connectivity index (χ0) is 14.4. The molecule has 0 saturated heterocycles. The Morgan fingerprint density at radius 3 is 2.65 bits per heavy atom. The standard InChI is InChI=1S/C17H25ClFN/c1-2-20-12-15-7-5-3-4-6-14(15)10-13-8-9-17(19)16(18)11-13/h8-9,11,14-15,20H,2-7,10,12H2,1H3. The third kappa shape index (κ3) is 4.46. The molecule has 2 atom stereocenters. The van der Waals surface area contributed by atoms with E-state index in [1.807, 2.05) is 6.07 Å². The van der Waals surface area contributed by atoms with E-state index in [4.69, 9.17) is 11.6 Å². The Hall–Kier alpha value is -0.600. The number of nitrogens with one attached hydrogen (secondary N) is 1. The van der Waals surface area contributed by atoms with E-state index in [9.17, 15) is 4.39 Å². The van der Waals surface area contributed by atoms with Crippen molar-refractivity contribution in [3.05, 3.63) is 34.6 Å². The van der Waals surface area contributed by atoms with Crippen molar-refractivity contribution in [3.8, 4) is 0 Å². The predicted octanol–water partition coefficient (Wildman–Crippen LogP) is 4.83. The largest absolute Gasteiger partial charge is 0.317 e. The molecule has 1 saturated carbocycles. The quantitative estimate of drug-likeness (QED) is 0.768. The van der Waals surface area contributed by atoms with Gasteiger partial charge in [-0.2, -0.15) is 0 Å². The lowest BCUT2D eigenvalue weighted by atomic mass is 9.83. The second-order valence-electron chi connectivity index (χ2n) is 5.92. The van der Waals surface area contributed by atoms with Gasteiger partial charge in [0, 0.05) is 0 Å². The summed E-state index contributed by atoms with van der Waals surface area (Å²) in [5.74, 6) is 1.11. The van der Waals surface area contributed by atoms with E-state index in [0.717, 1.165) is 25.4 Å². The van der Waals surface area contributed by atoms with Crippen LogP contribution in [0.5, 0.6) is 0 Å². The van der Waals surface area contributed by atoms with Crippen molar-refractivity contribution in [2.24, 2.45) is 11.8 Å². The summed E-state index contributed by atoms with van der Waals surface area (Å²) in [4.78, 5) is 0. The van der Waals surface area contributed by atoms with Gasteiger partial charge in [0.15, 0.2) is 0 Å². The third-order valence-corrected chi connectivity index (χ3v) is 4.74. The Morgan fingerprint density at radius 2 is 1.95 bits per heavy atom. The lowest BCUT2D eigenvalue weighted by molar-refractivity contribution is 0.299. The van der Waals surface area contributed by atoms with Crippen LogP contribution >= 0.6 is 11.6 Å². The SMILES string of the molecule is CCNCC1CCCCCC1Cc1ccc(F)c(Cl)c1. The first-order valence-corrected chi connectivity index (χ1v) is 8.23. The maximum Gasteiger partial charge on any atom is 0.141 e. The van der Waals surface area contributed by atoms with Crippen molar-refractivity contribution in [1.82, 2.24) is 5.32 Å². The van der Waals surface area contributed by atoms with Crippen LogP contribution in [0, 0.1) is 17.7 Å². The first-order chi connectivity index (χ1) is 9.70. The second-order valence-corrected chi connectivity index (χ2v) is 6.33. The molecule has 0 spiro atoms. The van der Waals surface area contributed by atoms with Gasteiger partial charge in [-0.05, 0) is 61.9 Å². The maximum atomic E-state index is 13.2. The molecule has 0 bridgehead atoms. The minimum Gasteiger partial charge on any atom is -0.317 e. The van der Waals surface area contributed by atoms with Crippen LogP contribution in [0.1, 0.15) is 44.6 Å². The summed E-state index contributed by atoms with van der Waals surface area (Å²) in [6.07, 6.45) is 7.63. The molecule has 0 aromatic heterocycles. The second kappa shape index (κ2) is 7.99. The molecule has 2 unspecified atom stereocenters. The zero-order valence-electron chi connectivity index (χ0n) is 12.3. The molecular weight excluding hydrogens is 273 g/mol. The van der Waals surface area contributed by atoms with Crippen LogP contribution in [-0.2, 0) is 6.42 Å². The molecule has 0 aliphatic heterocycles. The van der Waals surface area contributed by atoms with E-state index in [2.05, 4.69) is 12.2 Å². The van der Waals surface area contributed by atoms with Gasteiger partial charge in [0.25, 0.3) is 0 Å². The fraction of sp³-hybridized carbons (Fsp3) is 0.647. The highest BCUT2D eigenvalue weighted by Gasteiger charge is 2.23. The first-order valence-electron chi connectivity index (χ1n) is 7.85. The summed E-state index contributed by atoms with van der Waals surface area (Å²) < 4.78 is 13.2. The van der Waals surface area contributed by atoms with Crippen LogP contribution in [0.15, 0.2) is 18.2 Å². The van der Waals surface area contributed by atoms with Gasteiger partial charge in [-0.25, -0.2) is 4.39 Å². The fourth-order valence-electron chi connectivity index (χ4n) is 3.30. The number of benzene rings is 1. The van der Waals surface area contributed by atoms with E-state index in [0.29, 0.717) is 5.92 Å². The summed E-state index contributed by atoms with van der Waals surface area (Å²) in [7, 11) is 0. The van der Waals surface area contributed by atoms with E-state index in [-0.39, 0.29) is 10.8 Å². The molecule has 1 aromatic rings. The molecule has 1 aromatic carbocycles. The highest BCUT2D eigenvalue weighted by Crippen LogP contribution is 2.31. The fourth-order valence-corrected chi connectivity index (χ4v) is 3.50. The van der Waals surface area contributed by atoms with Crippen LogP contribution in [0.25, 0.3) is 0 Å². The molecular formula is C17H25ClFN. The van der Waals surface area contributed by atoms with Gasteiger partial charge in [0.05, 0.1) is 5.02 Å². The molecule has 1 fully saturated rings. The first kappa shape index (κ1) is 15.8. The van der Waals surface area contributed by atoms with Crippen molar-refractivity contribution in [3.63, 3.8) is 0 Å². The molecule has 2 rings (SSSR count). The average Bonchev–Trinajstić information content (AvgIpc) is 2.66. The Labute approximate surface area is 126 Å². The minimum absolute atomic E-state index is 0.249. The van der Waals surface area contributed by atoms with Gasteiger partial charge in [0.2, 0.25) is 0 Å². The maximum absolute atomic E-state index is 13.2. The Balaban J connectivity index is 2.03. The summed E-state index contributed by atoms with van der Waals surface area (Å²) in [6.45, 7) is 4.30. The van der Waals surface area contributed by atoms with Crippen molar-refractivity contribution >= 4 is 11.6 Å². The summed E-state index contributed by atoms with van der Waals surface area (Å²) in [5, 5.41) is 3.75. The molecule has 1 aliphatic rings. The molecule has 112 valence electrons. The van der Waals surface area contributed by atoms with E-state index in [1.54, 1.807) is 6.07 Å². The normalized spacial score (nSPS) is 23.6. The van der Waals surface area contributed by atoms with Crippen LogP contribution in [0.4, 0.5) is 4.39 Å².